The molecule has 1 aliphatic rings. The van der Waals surface area contributed by atoms with Crippen LogP contribution in [-0.2, 0) is 9.59 Å². The molecule has 1 aliphatic carbocycles. The summed E-state index contributed by atoms with van der Waals surface area (Å²) in [6.45, 7) is 4.93. The molecular weight excluding hydrogens is 180 g/mol. The number of rotatable bonds is 2. The molecule has 76 valence electrons. The minimum atomic E-state index is -0.649. The monoisotopic (exact) mass is 194 g/mol. The van der Waals surface area contributed by atoms with Crippen molar-refractivity contribution in [2.75, 3.05) is 6.61 Å². The Balaban J connectivity index is 3.10. The quantitative estimate of drug-likeness (QED) is 0.668. The van der Waals surface area contributed by atoms with Gasteiger partial charge in [0.25, 0.3) is 0 Å². The van der Waals surface area contributed by atoms with E-state index in [0.29, 0.717) is 11.1 Å². The smallest absolute Gasteiger partial charge is 0.182 e. The zero-order valence-corrected chi connectivity index (χ0v) is 8.63. The first-order chi connectivity index (χ1) is 6.38. The Bertz CT molecular complexity index is 346. The molecule has 0 amide bonds. The molecule has 0 aromatic rings. The maximum absolute atomic E-state index is 11.5. The lowest BCUT2D eigenvalue weighted by molar-refractivity contribution is -0.116. The van der Waals surface area contributed by atoms with E-state index in [0.717, 1.165) is 0 Å². The van der Waals surface area contributed by atoms with Crippen molar-refractivity contribution >= 4 is 11.6 Å². The van der Waals surface area contributed by atoms with Crippen molar-refractivity contribution in [3.05, 3.63) is 23.3 Å². The second-order valence-electron chi connectivity index (χ2n) is 4.16. The summed E-state index contributed by atoms with van der Waals surface area (Å²) >= 11 is 0. The molecule has 0 aromatic heterocycles. The van der Waals surface area contributed by atoms with Gasteiger partial charge in [0.15, 0.2) is 11.6 Å². The second-order valence-corrected chi connectivity index (χ2v) is 4.16. The Morgan fingerprint density at radius 2 is 1.79 bits per heavy atom. The largest absolute Gasteiger partial charge is 0.395 e. The van der Waals surface area contributed by atoms with Crippen molar-refractivity contribution in [2.24, 2.45) is 5.41 Å². The van der Waals surface area contributed by atoms with Gasteiger partial charge in [0.1, 0.15) is 0 Å². The van der Waals surface area contributed by atoms with Gasteiger partial charge in [0, 0.05) is 16.6 Å². The van der Waals surface area contributed by atoms with Crippen LogP contribution in [0, 0.1) is 5.41 Å². The lowest BCUT2D eigenvalue weighted by Crippen LogP contribution is -2.27. The summed E-state index contributed by atoms with van der Waals surface area (Å²) in [5.41, 5.74) is 0.187. The molecule has 0 aromatic carbocycles. The van der Waals surface area contributed by atoms with Crippen LogP contribution in [-0.4, -0.2) is 23.3 Å². The van der Waals surface area contributed by atoms with Crippen LogP contribution in [0.5, 0.6) is 0 Å². The highest BCUT2D eigenvalue weighted by Gasteiger charge is 2.30. The molecule has 0 saturated carbocycles. The molecular formula is C11H14O3. The first-order valence-electron chi connectivity index (χ1n) is 4.48. The van der Waals surface area contributed by atoms with Crippen LogP contribution in [0.15, 0.2) is 23.3 Å². The predicted molar refractivity (Wildman–Crippen MR) is 52.7 cm³/mol. The molecule has 1 N–H and O–H groups in total. The molecule has 0 radical (unpaired) electrons. The second kappa shape index (κ2) is 3.50. The maximum Gasteiger partial charge on any atom is 0.182 e. The molecule has 1 rings (SSSR count). The van der Waals surface area contributed by atoms with E-state index in [4.69, 9.17) is 5.11 Å². The van der Waals surface area contributed by atoms with Crippen molar-refractivity contribution in [1.82, 2.24) is 0 Å². The third-order valence-corrected chi connectivity index (χ3v) is 2.40. The van der Waals surface area contributed by atoms with E-state index in [9.17, 15) is 9.59 Å². The Labute approximate surface area is 83.1 Å². The number of allylic oxidation sites excluding steroid dienone is 3. The minimum Gasteiger partial charge on any atom is -0.395 e. The molecule has 0 fully saturated rings. The van der Waals surface area contributed by atoms with Crippen molar-refractivity contribution in [2.45, 2.75) is 20.8 Å². The first kappa shape index (κ1) is 10.9. The van der Waals surface area contributed by atoms with Crippen LogP contribution in [0.1, 0.15) is 20.8 Å². The van der Waals surface area contributed by atoms with Gasteiger partial charge in [-0.1, -0.05) is 13.8 Å². The van der Waals surface area contributed by atoms with E-state index >= 15 is 0 Å². The fourth-order valence-electron chi connectivity index (χ4n) is 1.28. The molecule has 3 heteroatoms. The van der Waals surface area contributed by atoms with E-state index in [1.165, 1.54) is 12.2 Å². The standard InChI is InChI=1S/C11H14O3/c1-7-4-10(14)8(5-9(7)13)11(2,3)6-12/h4-5,12H,6H2,1-3H3. The first-order valence-corrected chi connectivity index (χ1v) is 4.48. The van der Waals surface area contributed by atoms with Gasteiger partial charge in [0.05, 0.1) is 6.61 Å². The third kappa shape index (κ3) is 1.82. The van der Waals surface area contributed by atoms with Crippen LogP contribution in [0.3, 0.4) is 0 Å². The fraction of sp³-hybridized carbons (Fsp3) is 0.455. The lowest BCUT2D eigenvalue weighted by Gasteiger charge is -2.25. The highest BCUT2D eigenvalue weighted by Crippen LogP contribution is 2.29. The van der Waals surface area contributed by atoms with Gasteiger partial charge in [-0.3, -0.25) is 9.59 Å². The van der Waals surface area contributed by atoms with Crippen LogP contribution in [0.4, 0.5) is 0 Å². The van der Waals surface area contributed by atoms with E-state index in [2.05, 4.69) is 0 Å². The van der Waals surface area contributed by atoms with Gasteiger partial charge in [-0.25, -0.2) is 0 Å². The predicted octanol–water partition coefficient (Wildman–Crippen LogP) is 1.03. The molecule has 0 aliphatic heterocycles. The summed E-state index contributed by atoms with van der Waals surface area (Å²) < 4.78 is 0. The van der Waals surface area contributed by atoms with Crippen LogP contribution >= 0.6 is 0 Å². The van der Waals surface area contributed by atoms with E-state index in [-0.39, 0.29) is 18.2 Å². The zero-order chi connectivity index (χ0) is 10.9. The van der Waals surface area contributed by atoms with Gasteiger partial charge in [-0.05, 0) is 19.1 Å². The Morgan fingerprint density at radius 3 is 2.29 bits per heavy atom. The minimum absolute atomic E-state index is 0.148. The number of carbonyl (C=O) groups is 2. The average molecular weight is 194 g/mol. The highest BCUT2D eigenvalue weighted by atomic mass is 16.3. The van der Waals surface area contributed by atoms with Gasteiger partial charge in [-0.2, -0.15) is 0 Å². The summed E-state index contributed by atoms with van der Waals surface area (Å²) in [7, 11) is 0. The van der Waals surface area contributed by atoms with Crippen LogP contribution < -0.4 is 0 Å². The average Bonchev–Trinajstić information content (AvgIpc) is 2.11. The molecule has 0 heterocycles. The Morgan fingerprint density at radius 1 is 1.21 bits per heavy atom. The normalized spacial score (nSPS) is 18.0. The number of aliphatic hydroxyl groups excluding tert-OH is 1. The number of ketones is 2. The van der Waals surface area contributed by atoms with Crippen LogP contribution in [0.2, 0.25) is 0 Å². The van der Waals surface area contributed by atoms with Gasteiger partial charge < -0.3 is 5.11 Å². The summed E-state index contributed by atoms with van der Waals surface area (Å²) in [4.78, 5) is 22.9. The summed E-state index contributed by atoms with van der Waals surface area (Å²) in [5, 5.41) is 9.09. The van der Waals surface area contributed by atoms with Crippen LogP contribution in [0.25, 0.3) is 0 Å². The summed E-state index contributed by atoms with van der Waals surface area (Å²) in [5.74, 6) is -0.331. The molecule has 3 nitrogen and oxygen atoms in total. The Hall–Kier alpha value is -1.22. The molecule has 0 unspecified atom stereocenters. The van der Waals surface area contributed by atoms with E-state index < -0.39 is 5.41 Å². The van der Waals surface area contributed by atoms with Gasteiger partial charge in [0.2, 0.25) is 0 Å². The zero-order valence-electron chi connectivity index (χ0n) is 8.63. The van der Waals surface area contributed by atoms with Gasteiger partial charge in [-0.15, -0.1) is 0 Å². The van der Waals surface area contributed by atoms with E-state index in [1.54, 1.807) is 20.8 Å². The van der Waals surface area contributed by atoms with E-state index in [1.807, 2.05) is 0 Å². The number of hydrogen-bond donors (Lipinski definition) is 1. The van der Waals surface area contributed by atoms with Gasteiger partial charge >= 0.3 is 0 Å². The molecule has 14 heavy (non-hydrogen) atoms. The van der Waals surface area contributed by atoms with Crippen molar-refractivity contribution in [3.8, 4) is 0 Å². The number of carbonyl (C=O) groups excluding carboxylic acids is 2. The molecule has 0 spiro atoms. The van der Waals surface area contributed by atoms with Crippen molar-refractivity contribution in [3.63, 3.8) is 0 Å². The molecule has 0 bridgehead atoms. The SMILES string of the molecule is CC1=CC(=O)C(C(C)(C)CO)=CC1=O. The third-order valence-electron chi connectivity index (χ3n) is 2.40. The molecule has 0 atom stereocenters. The number of hydrogen-bond acceptors (Lipinski definition) is 3. The summed E-state index contributed by atoms with van der Waals surface area (Å²) in [6.07, 6.45) is 2.66. The molecule has 0 saturated heterocycles. The fourth-order valence-corrected chi connectivity index (χ4v) is 1.28. The van der Waals surface area contributed by atoms with Crippen molar-refractivity contribution in [1.29, 1.82) is 0 Å². The summed E-state index contributed by atoms with van der Waals surface area (Å²) in [6, 6.07) is 0. The number of aliphatic hydroxyl groups is 1. The highest BCUT2D eigenvalue weighted by molar-refractivity contribution is 6.20. The Kier molecular flexibility index (Phi) is 2.71. The topological polar surface area (TPSA) is 54.4 Å². The lowest BCUT2D eigenvalue weighted by atomic mass is 9.79. The van der Waals surface area contributed by atoms with Crippen molar-refractivity contribution < 1.29 is 14.7 Å². The maximum atomic E-state index is 11.5.